The maximum absolute atomic E-state index is 5.89. The molecule has 0 fully saturated rings. The summed E-state index contributed by atoms with van der Waals surface area (Å²) >= 11 is 3.57. The Morgan fingerprint density at radius 2 is 2.24 bits per heavy atom. The average molecular weight is 294 g/mol. The summed E-state index contributed by atoms with van der Waals surface area (Å²) in [7, 11) is 0. The van der Waals surface area contributed by atoms with Gasteiger partial charge in [-0.1, -0.05) is 28.9 Å². The molecule has 1 unspecified atom stereocenters. The average Bonchev–Trinajstić information content (AvgIpc) is 2.76. The fourth-order valence-electron chi connectivity index (χ4n) is 1.87. The van der Waals surface area contributed by atoms with E-state index in [1.807, 2.05) is 19.3 Å². The van der Waals surface area contributed by atoms with Crippen LogP contribution in [0.1, 0.15) is 31.3 Å². The van der Waals surface area contributed by atoms with Gasteiger partial charge >= 0.3 is 0 Å². The number of rotatable bonds is 3. The molecule has 90 valence electrons. The Morgan fingerprint density at radius 1 is 1.47 bits per heavy atom. The fraction of sp³-hybridized carbons (Fsp3) is 0.308. The van der Waals surface area contributed by atoms with Crippen LogP contribution in [0.2, 0.25) is 0 Å². The van der Waals surface area contributed by atoms with Crippen LogP contribution in [0, 0.1) is 0 Å². The van der Waals surface area contributed by atoms with E-state index in [1.54, 1.807) is 0 Å². The van der Waals surface area contributed by atoms with Gasteiger partial charge in [0.1, 0.15) is 5.82 Å². The first kappa shape index (κ1) is 12.3. The zero-order valence-corrected chi connectivity index (χ0v) is 11.6. The van der Waals surface area contributed by atoms with Crippen molar-refractivity contribution >= 4 is 15.9 Å². The lowest BCUT2D eigenvalue weighted by Gasteiger charge is -2.12. The van der Waals surface area contributed by atoms with Crippen molar-refractivity contribution in [3.63, 3.8) is 0 Å². The van der Waals surface area contributed by atoms with E-state index < -0.39 is 0 Å². The molecule has 17 heavy (non-hydrogen) atoms. The molecule has 2 rings (SSSR count). The second-order valence-electron chi connectivity index (χ2n) is 4.06. The smallest absolute Gasteiger partial charge is 0.112 e. The number of aryl methyl sites for hydroxylation is 1. The molecular formula is C13H16BrN3. The Kier molecular flexibility index (Phi) is 3.64. The number of nitrogens with zero attached hydrogens (tertiary/aromatic N) is 2. The first-order chi connectivity index (χ1) is 8.13. The molecule has 0 aliphatic rings. The molecule has 1 aromatic heterocycles. The van der Waals surface area contributed by atoms with Crippen LogP contribution < -0.4 is 5.73 Å². The van der Waals surface area contributed by atoms with Crippen LogP contribution in [0.15, 0.2) is 35.1 Å². The molecule has 0 amide bonds. The minimum absolute atomic E-state index is 0.0341. The summed E-state index contributed by atoms with van der Waals surface area (Å²) in [6.07, 6.45) is 4.72. The highest BCUT2D eigenvalue weighted by Gasteiger charge is 2.08. The van der Waals surface area contributed by atoms with Gasteiger partial charge in [0.05, 0.1) is 0 Å². The maximum atomic E-state index is 5.89. The highest BCUT2D eigenvalue weighted by atomic mass is 79.9. The monoisotopic (exact) mass is 293 g/mol. The Bertz CT molecular complexity index is 517. The molecule has 0 saturated heterocycles. The minimum Gasteiger partial charge on any atom is -0.324 e. The summed E-state index contributed by atoms with van der Waals surface area (Å²) in [5.41, 5.74) is 8.11. The van der Waals surface area contributed by atoms with Crippen LogP contribution in [0.3, 0.4) is 0 Å². The standard InChI is InChI=1S/C13H16BrN3/c1-3-13-16-6-7-17(13)10-4-5-11(9(2)15)12(14)8-10/h4-9H,3,15H2,1-2H3. The van der Waals surface area contributed by atoms with E-state index in [0.29, 0.717) is 0 Å². The molecule has 3 nitrogen and oxygen atoms in total. The third-order valence-electron chi connectivity index (χ3n) is 2.79. The van der Waals surface area contributed by atoms with Crippen LogP contribution in [-0.4, -0.2) is 9.55 Å². The first-order valence-corrected chi connectivity index (χ1v) is 6.50. The van der Waals surface area contributed by atoms with Crippen molar-refractivity contribution in [2.45, 2.75) is 26.3 Å². The van der Waals surface area contributed by atoms with Gasteiger partial charge in [0, 0.05) is 35.0 Å². The normalized spacial score (nSPS) is 12.7. The molecule has 0 radical (unpaired) electrons. The van der Waals surface area contributed by atoms with Crippen molar-refractivity contribution < 1.29 is 0 Å². The van der Waals surface area contributed by atoms with Gasteiger partial charge in [0.2, 0.25) is 0 Å². The van der Waals surface area contributed by atoms with E-state index in [2.05, 4.69) is 50.6 Å². The number of benzene rings is 1. The van der Waals surface area contributed by atoms with Crippen molar-refractivity contribution in [2.24, 2.45) is 5.73 Å². The topological polar surface area (TPSA) is 43.8 Å². The molecule has 1 atom stereocenters. The Balaban J connectivity index is 2.45. The van der Waals surface area contributed by atoms with Gasteiger partial charge in [-0.15, -0.1) is 0 Å². The predicted octanol–water partition coefficient (Wildman–Crippen LogP) is 3.22. The summed E-state index contributed by atoms with van der Waals surface area (Å²) in [6.45, 7) is 4.08. The molecule has 1 aromatic carbocycles. The van der Waals surface area contributed by atoms with E-state index in [1.165, 1.54) is 0 Å². The van der Waals surface area contributed by atoms with Crippen molar-refractivity contribution in [2.75, 3.05) is 0 Å². The fourth-order valence-corrected chi connectivity index (χ4v) is 2.59. The molecule has 0 saturated carbocycles. The summed E-state index contributed by atoms with van der Waals surface area (Å²) in [5.74, 6) is 1.06. The van der Waals surface area contributed by atoms with E-state index >= 15 is 0 Å². The highest BCUT2D eigenvalue weighted by Crippen LogP contribution is 2.25. The van der Waals surface area contributed by atoms with Crippen molar-refractivity contribution in [3.05, 3.63) is 46.5 Å². The van der Waals surface area contributed by atoms with Gasteiger partial charge in [0.25, 0.3) is 0 Å². The predicted molar refractivity (Wildman–Crippen MR) is 73.2 cm³/mol. The van der Waals surface area contributed by atoms with E-state index in [9.17, 15) is 0 Å². The molecular weight excluding hydrogens is 278 g/mol. The minimum atomic E-state index is 0.0341. The van der Waals surface area contributed by atoms with Gasteiger partial charge in [0.15, 0.2) is 0 Å². The quantitative estimate of drug-likeness (QED) is 0.944. The molecule has 2 N–H and O–H groups in total. The molecule has 0 bridgehead atoms. The maximum Gasteiger partial charge on any atom is 0.112 e. The summed E-state index contributed by atoms with van der Waals surface area (Å²) in [5, 5.41) is 0. The number of aromatic nitrogens is 2. The van der Waals surface area contributed by atoms with E-state index in [-0.39, 0.29) is 6.04 Å². The van der Waals surface area contributed by atoms with Crippen LogP contribution >= 0.6 is 15.9 Å². The Morgan fingerprint density at radius 3 is 2.82 bits per heavy atom. The largest absolute Gasteiger partial charge is 0.324 e. The number of imidazole rings is 1. The number of hydrogen-bond acceptors (Lipinski definition) is 2. The van der Waals surface area contributed by atoms with Gasteiger partial charge in [-0.05, 0) is 24.6 Å². The van der Waals surface area contributed by atoms with Crippen LogP contribution in [0.5, 0.6) is 0 Å². The highest BCUT2D eigenvalue weighted by molar-refractivity contribution is 9.10. The van der Waals surface area contributed by atoms with Crippen LogP contribution in [0.4, 0.5) is 0 Å². The second kappa shape index (κ2) is 5.02. The van der Waals surface area contributed by atoms with Gasteiger partial charge in [-0.2, -0.15) is 0 Å². The third-order valence-corrected chi connectivity index (χ3v) is 3.47. The number of nitrogens with two attached hydrogens (primary N) is 1. The van der Waals surface area contributed by atoms with Crippen LogP contribution in [0.25, 0.3) is 5.69 Å². The lowest BCUT2D eigenvalue weighted by Crippen LogP contribution is -2.06. The van der Waals surface area contributed by atoms with Gasteiger partial charge < -0.3 is 10.3 Å². The lowest BCUT2D eigenvalue weighted by molar-refractivity contribution is 0.810. The van der Waals surface area contributed by atoms with Crippen LogP contribution in [-0.2, 0) is 6.42 Å². The van der Waals surface area contributed by atoms with E-state index in [0.717, 1.165) is 28.0 Å². The number of halogens is 1. The van der Waals surface area contributed by atoms with Crippen molar-refractivity contribution in [1.82, 2.24) is 9.55 Å². The first-order valence-electron chi connectivity index (χ1n) is 5.71. The SMILES string of the molecule is CCc1nccn1-c1ccc(C(C)N)c(Br)c1. The summed E-state index contributed by atoms with van der Waals surface area (Å²) in [4.78, 5) is 4.32. The molecule has 0 aliphatic carbocycles. The molecule has 2 aromatic rings. The zero-order valence-electron chi connectivity index (χ0n) is 10.0. The molecule has 4 heteroatoms. The number of hydrogen-bond donors (Lipinski definition) is 1. The second-order valence-corrected chi connectivity index (χ2v) is 4.92. The molecule has 0 aliphatic heterocycles. The Labute approximate surface area is 110 Å². The lowest BCUT2D eigenvalue weighted by atomic mass is 10.1. The zero-order chi connectivity index (χ0) is 12.4. The Hall–Kier alpha value is -1.13. The van der Waals surface area contributed by atoms with Crippen molar-refractivity contribution in [3.8, 4) is 5.69 Å². The molecule has 1 heterocycles. The summed E-state index contributed by atoms with van der Waals surface area (Å²) < 4.78 is 3.14. The molecule has 0 spiro atoms. The van der Waals surface area contributed by atoms with Gasteiger partial charge in [-0.3, -0.25) is 0 Å². The van der Waals surface area contributed by atoms with Gasteiger partial charge in [-0.25, -0.2) is 4.98 Å². The van der Waals surface area contributed by atoms with E-state index in [4.69, 9.17) is 5.73 Å². The third kappa shape index (κ3) is 2.42. The van der Waals surface area contributed by atoms with Crippen molar-refractivity contribution in [1.29, 1.82) is 0 Å². The summed E-state index contributed by atoms with van der Waals surface area (Å²) in [6, 6.07) is 6.25.